The highest BCUT2D eigenvalue weighted by Crippen LogP contribution is 2.16. The zero-order chi connectivity index (χ0) is 22.9. The topological polar surface area (TPSA) is 36.9 Å². The number of unbranched alkanes of at least 4 members (excludes halogenated alkanes) is 12. The largest absolute Gasteiger partial charge is 0.503 e. The van der Waals surface area contributed by atoms with Gasteiger partial charge in [-0.25, -0.2) is 0 Å². The molecule has 186 valence electrons. The lowest BCUT2D eigenvalue weighted by Gasteiger charge is -2.28. The summed E-state index contributed by atoms with van der Waals surface area (Å²) in [6.07, 6.45) is 23.5. The number of ether oxygens (including phenoxy) is 1. The standard InChI is InChI=1S/C26H54O4Si/c1-5-9-10-11-12-13-14-15-16-17-18-19-20-21-22-23-24-27-25-26-31(28-6-2,29-7-3)30-8-4/h15-16H,5-14,17-26H2,1-4H3/b16-15-. The Morgan fingerprint density at radius 3 is 1.45 bits per heavy atom. The lowest BCUT2D eigenvalue weighted by Crippen LogP contribution is -2.46. The van der Waals surface area contributed by atoms with E-state index in [-0.39, 0.29) is 0 Å². The van der Waals surface area contributed by atoms with Crippen molar-refractivity contribution in [3.8, 4) is 0 Å². The predicted octanol–water partition coefficient (Wildman–Crippen LogP) is 8.09. The van der Waals surface area contributed by atoms with E-state index < -0.39 is 8.80 Å². The lowest BCUT2D eigenvalue weighted by molar-refractivity contribution is 0.0573. The molecule has 31 heavy (non-hydrogen) atoms. The molecule has 0 bridgehead atoms. The first kappa shape index (κ1) is 30.8. The minimum absolute atomic E-state index is 0.626. The third kappa shape index (κ3) is 20.2. The van der Waals surface area contributed by atoms with Crippen LogP contribution in [0.4, 0.5) is 0 Å². The van der Waals surface area contributed by atoms with Crippen molar-refractivity contribution in [2.75, 3.05) is 33.0 Å². The highest BCUT2D eigenvalue weighted by molar-refractivity contribution is 6.60. The molecule has 5 heteroatoms. The van der Waals surface area contributed by atoms with Gasteiger partial charge in [0.15, 0.2) is 0 Å². The molecule has 0 saturated heterocycles. The molecule has 0 aliphatic carbocycles. The highest BCUT2D eigenvalue weighted by Gasteiger charge is 2.39. The average Bonchev–Trinajstić information content (AvgIpc) is 2.76. The Hall–Kier alpha value is -0.203. The van der Waals surface area contributed by atoms with Crippen LogP contribution >= 0.6 is 0 Å². The molecule has 0 amide bonds. The van der Waals surface area contributed by atoms with Crippen LogP contribution in [0.2, 0.25) is 6.04 Å². The van der Waals surface area contributed by atoms with E-state index in [1.807, 2.05) is 20.8 Å². The molecule has 0 N–H and O–H groups in total. The van der Waals surface area contributed by atoms with Crippen molar-refractivity contribution in [1.29, 1.82) is 0 Å². The molecule has 0 spiro atoms. The van der Waals surface area contributed by atoms with Crippen LogP contribution in [0, 0.1) is 0 Å². The molecule has 0 saturated carbocycles. The van der Waals surface area contributed by atoms with Crippen molar-refractivity contribution in [3.63, 3.8) is 0 Å². The smallest absolute Gasteiger partial charge is 0.381 e. The van der Waals surface area contributed by atoms with Gasteiger partial charge in [0.25, 0.3) is 0 Å². The van der Waals surface area contributed by atoms with Crippen molar-refractivity contribution in [2.45, 2.75) is 124 Å². The van der Waals surface area contributed by atoms with Gasteiger partial charge in [0.2, 0.25) is 0 Å². The molecule has 0 aliphatic heterocycles. The summed E-state index contributed by atoms with van der Waals surface area (Å²) in [4.78, 5) is 0. The number of hydrogen-bond acceptors (Lipinski definition) is 4. The normalized spacial score (nSPS) is 12.3. The van der Waals surface area contributed by atoms with Crippen molar-refractivity contribution in [1.82, 2.24) is 0 Å². The molecule has 0 rings (SSSR count). The summed E-state index contributed by atoms with van der Waals surface area (Å²) in [6.45, 7) is 11.6. The third-order valence-electron chi connectivity index (χ3n) is 5.45. The molecule has 0 aromatic heterocycles. The van der Waals surface area contributed by atoms with Gasteiger partial charge in [0, 0.05) is 32.5 Å². The summed E-state index contributed by atoms with van der Waals surface area (Å²) in [5, 5.41) is 0. The van der Waals surface area contributed by atoms with Crippen LogP contribution in [-0.2, 0) is 18.0 Å². The van der Waals surface area contributed by atoms with Crippen molar-refractivity contribution in [3.05, 3.63) is 12.2 Å². The van der Waals surface area contributed by atoms with Gasteiger partial charge in [-0.3, -0.25) is 0 Å². The van der Waals surface area contributed by atoms with Crippen LogP contribution in [-0.4, -0.2) is 41.8 Å². The van der Waals surface area contributed by atoms with Gasteiger partial charge < -0.3 is 18.0 Å². The van der Waals surface area contributed by atoms with E-state index >= 15 is 0 Å². The summed E-state index contributed by atoms with van der Waals surface area (Å²) in [6, 6.07) is 0.745. The Bertz CT molecular complexity index is 359. The molecule has 0 heterocycles. The first-order valence-corrected chi connectivity index (χ1v) is 15.3. The van der Waals surface area contributed by atoms with Crippen molar-refractivity contribution in [2.24, 2.45) is 0 Å². The Kier molecular flexibility index (Phi) is 24.3. The maximum absolute atomic E-state index is 5.86. The Balaban J connectivity index is 3.46. The summed E-state index contributed by atoms with van der Waals surface area (Å²) in [5.41, 5.74) is 0. The molecule has 0 atom stereocenters. The lowest BCUT2D eigenvalue weighted by atomic mass is 10.1. The zero-order valence-corrected chi connectivity index (χ0v) is 22.4. The second-order valence-corrected chi connectivity index (χ2v) is 11.0. The summed E-state index contributed by atoms with van der Waals surface area (Å²) in [7, 11) is -2.54. The zero-order valence-electron chi connectivity index (χ0n) is 21.4. The molecule has 0 aromatic carbocycles. The van der Waals surface area contributed by atoms with E-state index in [0.717, 1.165) is 19.1 Å². The quantitative estimate of drug-likeness (QED) is 0.0786. The fourth-order valence-electron chi connectivity index (χ4n) is 3.75. The van der Waals surface area contributed by atoms with E-state index in [1.165, 1.54) is 83.5 Å². The van der Waals surface area contributed by atoms with Crippen molar-refractivity contribution < 1.29 is 18.0 Å². The van der Waals surface area contributed by atoms with Crippen LogP contribution in [0.3, 0.4) is 0 Å². The Morgan fingerprint density at radius 2 is 0.968 bits per heavy atom. The van der Waals surface area contributed by atoms with Crippen LogP contribution in [0.25, 0.3) is 0 Å². The molecule has 0 aromatic rings. The molecule has 0 fully saturated rings. The monoisotopic (exact) mass is 458 g/mol. The van der Waals surface area contributed by atoms with E-state index in [2.05, 4.69) is 19.1 Å². The summed E-state index contributed by atoms with van der Waals surface area (Å²) in [5.74, 6) is 0. The fraction of sp³-hybridized carbons (Fsp3) is 0.923. The SMILES string of the molecule is CCCCCCCC/C=C\CCCCCCCCOCC[Si](OCC)(OCC)OCC. The maximum Gasteiger partial charge on any atom is 0.503 e. The molecular weight excluding hydrogens is 404 g/mol. The van der Waals surface area contributed by atoms with E-state index in [4.69, 9.17) is 18.0 Å². The average molecular weight is 459 g/mol. The molecule has 0 radical (unpaired) electrons. The molecule has 4 nitrogen and oxygen atoms in total. The first-order valence-electron chi connectivity index (χ1n) is 13.4. The second kappa shape index (κ2) is 24.4. The summed E-state index contributed by atoms with van der Waals surface area (Å²) >= 11 is 0. The van der Waals surface area contributed by atoms with Gasteiger partial charge >= 0.3 is 8.80 Å². The van der Waals surface area contributed by atoms with Gasteiger partial charge in [-0.05, 0) is 52.9 Å². The minimum Gasteiger partial charge on any atom is -0.381 e. The van der Waals surface area contributed by atoms with E-state index in [0.29, 0.717) is 26.4 Å². The van der Waals surface area contributed by atoms with E-state index in [9.17, 15) is 0 Å². The Labute approximate surface area is 195 Å². The van der Waals surface area contributed by atoms with Crippen LogP contribution < -0.4 is 0 Å². The van der Waals surface area contributed by atoms with Crippen LogP contribution in [0.1, 0.15) is 118 Å². The predicted molar refractivity (Wildman–Crippen MR) is 136 cm³/mol. The van der Waals surface area contributed by atoms with Gasteiger partial charge in [-0.15, -0.1) is 0 Å². The van der Waals surface area contributed by atoms with Crippen LogP contribution in [0.15, 0.2) is 12.2 Å². The third-order valence-corrected chi connectivity index (χ3v) is 8.45. The highest BCUT2D eigenvalue weighted by atomic mass is 28.4. The summed E-state index contributed by atoms with van der Waals surface area (Å²) < 4.78 is 23.4. The molecule has 0 aliphatic rings. The van der Waals surface area contributed by atoms with Gasteiger partial charge in [-0.1, -0.05) is 76.9 Å². The first-order chi connectivity index (χ1) is 15.2. The van der Waals surface area contributed by atoms with Crippen molar-refractivity contribution >= 4 is 8.80 Å². The Morgan fingerprint density at radius 1 is 0.516 bits per heavy atom. The second-order valence-electron chi connectivity index (χ2n) is 8.28. The number of rotatable bonds is 25. The minimum atomic E-state index is -2.54. The van der Waals surface area contributed by atoms with Crippen LogP contribution in [0.5, 0.6) is 0 Å². The number of allylic oxidation sites excluding steroid dienone is 2. The number of hydrogen-bond donors (Lipinski definition) is 0. The maximum atomic E-state index is 5.86. The van der Waals surface area contributed by atoms with Gasteiger partial charge in [0.1, 0.15) is 0 Å². The van der Waals surface area contributed by atoms with Gasteiger partial charge in [-0.2, -0.15) is 0 Å². The molecular formula is C26H54O4Si. The molecule has 0 unspecified atom stereocenters. The van der Waals surface area contributed by atoms with E-state index in [1.54, 1.807) is 0 Å². The fourth-order valence-corrected chi connectivity index (χ4v) is 6.15. The van der Waals surface area contributed by atoms with Gasteiger partial charge in [0.05, 0.1) is 6.61 Å².